The van der Waals surface area contributed by atoms with E-state index >= 15 is 0 Å². The summed E-state index contributed by atoms with van der Waals surface area (Å²) in [6.07, 6.45) is 0.186. The normalized spacial score (nSPS) is 25.0. The average Bonchev–Trinajstić information content (AvgIpc) is 3.06. The Morgan fingerprint density at radius 3 is 2.31 bits per heavy atom. The van der Waals surface area contributed by atoms with Crippen molar-refractivity contribution in [2.75, 3.05) is 6.61 Å². The summed E-state index contributed by atoms with van der Waals surface area (Å²) in [6, 6.07) is 17.0. The SMILES string of the molecule is O=C[C@@H]1[C@H](N2C(=O)OC[C@@H]2c2ccccc2)C(=O)N1Cc1ccccc1. The summed E-state index contributed by atoms with van der Waals surface area (Å²) in [4.78, 5) is 39.6. The zero-order valence-corrected chi connectivity index (χ0v) is 14.0. The number of aldehydes is 1. The molecule has 0 spiro atoms. The summed E-state index contributed by atoms with van der Waals surface area (Å²) in [5.74, 6) is -0.231. The molecular weight excluding hydrogens is 332 g/mol. The highest BCUT2D eigenvalue weighted by atomic mass is 16.6. The molecule has 0 bridgehead atoms. The number of amides is 2. The summed E-state index contributed by atoms with van der Waals surface area (Å²) < 4.78 is 5.18. The first-order chi connectivity index (χ1) is 12.7. The van der Waals surface area contributed by atoms with Crippen LogP contribution in [0.4, 0.5) is 4.79 Å². The lowest BCUT2D eigenvalue weighted by Crippen LogP contribution is -2.71. The van der Waals surface area contributed by atoms with Crippen molar-refractivity contribution in [1.82, 2.24) is 9.80 Å². The molecule has 6 nitrogen and oxygen atoms in total. The number of likely N-dealkylation sites (tertiary alicyclic amines) is 1. The van der Waals surface area contributed by atoms with Gasteiger partial charge in [-0.1, -0.05) is 60.7 Å². The largest absolute Gasteiger partial charge is 0.447 e. The third kappa shape index (κ3) is 2.63. The van der Waals surface area contributed by atoms with Crippen molar-refractivity contribution in [2.24, 2.45) is 0 Å². The minimum Gasteiger partial charge on any atom is -0.447 e. The van der Waals surface area contributed by atoms with Gasteiger partial charge in [0.15, 0.2) is 0 Å². The third-order valence-corrected chi connectivity index (χ3v) is 4.95. The zero-order chi connectivity index (χ0) is 18.1. The lowest BCUT2D eigenvalue weighted by atomic mass is 9.91. The van der Waals surface area contributed by atoms with Crippen molar-refractivity contribution >= 4 is 18.3 Å². The number of carbonyl (C=O) groups excluding carboxylic acids is 3. The van der Waals surface area contributed by atoms with Gasteiger partial charge >= 0.3 is 6.09 Å². The third-order valence-electron chi connectivity index (χ3n) is 4.95. The van der Waals surface area contributed by atoms with Crippen LogP contribution >= 0.6 is 0 Å². The van der Waals surface area contributed by atoms with E-state index in [4.69, 9.17) is 4.74 Å². The number of benzene rings is 2. The number of carbonyl (C=O) groups is 3. The lowest BCUT2D eigenvalue weighted by Gasteiger charge is -2.48. The molecule has 0 saturated carbocycles. The van der Waals surface area contributed by atoms with Crippen molar-refractivity contribution in [1.29, 1.82) is 0 Å². The maximum absolute atomic E-state index is 12.8. The molecule has 0 aromatic heterocycles. The predicted molar refractivity (Wildman–Crippen MR) is 93.0 cm³/mol. The highest BCUT2D eigenvalue weighted by Gasteiger charge is 2.56. The average molecular weight is 350 g/mol. The first-order valence-electron chi connectivity index (χ1n) is 8.50. The highest BCUT2D eigenvalue weighted by Crippen LogP contribution is 2.36. The number of rotatable bonds is 5. The van der Waals surface area contributed by atoms with Crippen LogP contribution in [0.25, 0.3) is 0 Å². The predicted octanol–water partition coefficient (Wildman–Crippen LogP) is 2.16. The van der Waals surface area contributed by atoms with Crippen molar-refractivity contribution in [2.45, 2.75) is 24.7 Å². The van der Waals surface area contributed by atoms with Gasteiger partial charge < -0.3 is 14.4 Å². The van der Waals surface area contributed by atoms with Crippen LogP contribution in [0.5, 0.6) is 0 Å². The molecule has 132 valence electrons. The number of nitrogens with zero attached hydrogens (tertiary/aromatic N) is 2. The van der Waals surface area contributed by atoms with Gasteiger partial charge in [-0.05, 0) is 11.1 Å². The fourth-order valence-corrected chi connectivity index (χ4v) is 3.62. The maximum Gasteiger partial charge on any atom is 0.411 e. The maximum atomic E-state index is 12.8. The van der Waals surface area contributed by atoms with Gasteiger partial charge in [-0.2, -0.15) is 0 Å². The fraction of sp³-hybridized carbons (Fsp3) is 0.250. The second-order valence-corrected chi connectivity index (χ2v) is 6.43. The van der Waals surface area contributed by atoms with E-state index in [-0.39, 0.29) is 18.6 Å². The first kappa shape index (κ1) is 16.3. The summed E-state index contributed by atoms with van der Waals surface area (Å²) >= 11 is 0. The molecule has 0 aliphatic carbocycles. The van der Waals surface area contributed by atoms with Gasteiger partial charge in [0.05, 0.1) is 6.04 Å². The van der Waals surface area contributed by atoms with Crippen molar-refractivity contribution < 1.29 is 19.1 Å². The Kier molecular flexibility index (Phi) is 4.16. The molecule has 0 N–H and O–H groups in total. The van der Waals surface area contributed by atoms with E-state index in [0.29, 0.717) is 6.54 Å². The van der Waals surface area contributed by atoms with E-state index < -0.39 is 18.2 Å². The Labute approximate surface area is 151 Å². The van der Waals surface area contributed by atoms with E-state index in [2.05, 4.69) is 0 Å². The van der Waals surface area contributed by atoms with Crippen molar-refractivity contribution in [3.05, 3.63) is 71.8 Å². The van der Waals surface area contributed by atoms with Gasteiger partial charge in [-0.25, -0.2) is 4.79 Å². The molecule has 3 atom stereocenters. The minimum atomic E-state index is -0.809. The summed E-state index contributed by atoms with van der Waals surface area (Å²) in [5, 5.41) is 0. The highest BCUT2D eigenvalue weighted by molar-refractivity contribution is 5.98. The molecule has 2 aliphatic rings. The van der Waals surface area contributed by atoms with E-state index in [1.807, 2.05) is 60.7 Å². The van der Waals surface area contributed by atoms with Gasteiger partial charge in [0.2, 0.25) is 5.91 Å². The van der Waals surface area contributed by atoms with E-state index in [1.54, 1.807) is 0 Å². The van der Waals surface area contributed by atoms with Gasteiger partial charge in [-0.15, -0.1) is 0 Å². The van der Waals surface area contributed by atoms with Crippen LogP contribution in [0, 0.1) is 0 Å². The number of hydrogen-bond donors (Lipinski definition) is 0. The smallest absolute Gasteiger partial charge is 0.411 e. The topological polar surface area (TPSA) is 66.9 Å². The molecule has 2 amide bonds. The molecule has 6 heteroatoms. The van der Waals surface area contributed by atoms with Crippen LogP contribution in [0.2, 0.25) is 0 Å². The second kappa shape index (κ2) is 6.63. The van der Waals surface area contributed by atoms with Crippen LogP contribution < -0.4 is 0 Å². The lowest BCUT2D eigenvalue weighted by molar-refractivity contribution is -0.161. The van der Waals surface area contributed by atoms with Crippen LogP contribution in [-0.2, 0) is 20.9 Å². The van der Waals surface area contributed by atoms with Gasteiger partial charge in [0, 0.05) is 6.54 Å². The summed E-state index contributed by atoms with van der Waals surface area (Å²) in [7, 11) is 0. The number of β-lactam (4-membered cyclic amide) rings is 1. The number of cyclic esters (lactones) is 1. The van der Waals surface area contributed by atoms with Crippen LogP contribution in [0.3, 0.4) is 0 Å². The van der Waals surface area contributed by atoms with E-state index in [9.17, 15) is 14.4 Å². The summed E-state index contributed by atoms with van der Waals surface area (Å²) in [5.41, 5.74) is 1.83. The minimum absolute atomic E-state index is 0.177. The molecule has 2 saturated heterocycles. The Bertz CT molecular complexity index is 824. The Balaban J connectivity index is 1.57. The molecule has 2 heterocycles. The molecule has 2 fully saturated rings. The Morgan fingerprint density at radius 1 is 1.00 bits per heavy atom. The molecule has 2 aromatic carbocycles. The quantitative estimate of drug-likeness (QED) is 0.612. The zero-order valence-electron chi connectivity index (χ0n) is 14.0. The first-order valence-corrected chi connectivity index (χ1v) is 8.50. The molecule has 26 heavy (non-hydrogen) atoms. The number of ether oxygens (including phenoxy) is 1. The monoisotopic (exact) mass is 350 g/mol. The van der Waals surface area contributed by atoms with E-state index in [1.165, 1.54) is 9.80 Å². The second-order valence-electron chi connectivity index (χ2n) is 6.43. The standard InChI is InChI=1S/C20H18N2O4/c23-12-16-18(19(24)21(16)11-14-7-3-1-4-8-14)22-17(13-26-20(22)25)15-9-5-2-6-10-15/h1-10,12,16-18H,11,13H2/t16-,17-,18+/m1/s1. The van der Waals surface area contributed by atoms with Crippen LogP contribution in [-0.4, -0.2) is 46.8 Å². The van der Waals surface area contributed by atoms with Crippen LogP contribution in [0.1, 0.15) is 17.2 Å². The van der Waals surface area contributed by atoms with Gasteiger partial charge in [0.1, 0.15) is 25.0 Å². The molecular formula is C20H18N2O4. The summed E-state index contributed by atoms with van der Waals surface area (Å²) in [6.45, 7) is 0.523. The number of hydrogen-bond acceptors (Lipinski definition) is 4. The molecule has 2 aliphatic heterocycles. The van der Waals surface area contributed by atoms with Gasteiger partial charge in [0.25, 0.3) is 0 Å². The molecule has 4 rings (SSSR count). The Morgan fingerprint density at radius 2 is 1.65 bits per heavy atom. The van der Waals surface area contributed by atoms with Gasteiger partial charge in [-0.3, -0.25) is 9.69 Å². The fourth-order valence-electron chi connectivity index (χ4n) is 3.62. The van der Waals surface area contributed by atoms with Crippen molar-refractivity contribution in [3.63, 3.8) is 0 Å². The van der Waals surface area contributed by atoms with Crippen molar-refractivity contribution in [3.8, 4) is 0 Å². The van der Waals surface area contributed by atoms with E-state index in [0.717, 1.165) is 17.4 Å². The Hall–Kier alpha value is -3.15. The molecule has 0 unspecified atom stereocenters. The molecule has 2 aromatic rings. The molecule has 0 radical (unpaired) electrons. The van der Waals surface area contributed by atoms with Crippen LogP contribution in [0.15, 0.2) is 60.7 Å².